The van der Waals surface area contributed by atoms with E-state index in [9.17, 15) is 4.79 Å². The number of carbonyl (C=O) groups excluding carboxylic acids is 1. The number of benzene rings is 1. The summed E-state index contributed by atoms with van der Waals surface area (Å²) in [7, 11) is 0. The van der Waals surface area contributed by atoms with Crippen LogP contribution in [0.2, 0.25) is 0 Å². The number of thioether (sulfide) groups is 1. The number of hydrogen-bond donors (Lipinski definition) is 1. The van der Waals surface area contributed by atoms with E-state index >= 15 is 0 Å². The number of rotatable bonds is 1. The number of amides is 1. The molecule has 0 aromatic heterocycles. The first kappa shape index (κ1) is 13.8. The molecule has 108 valence electrons. The fourth-order valence-electron chi connectivity index (χ4n) is 3.23. The molecule has 1 amide bonds. The molecule has 1 saturated heterocycles. The third-order valence-corrected chi connectivity index (χ3v) is 5.33. The molecule has 1 aromatic carbocycles. The largest absolute Gasteiger partial charge is 0.384 e. The zero-order valence-electron chi connectivity index (χ0n) is 12.1. The first-order chi connectivity index (χ1) is 9.63. The van der Waals surface area contributed by atoms with E-state index in [1.165, 1.54) is 11.3 Å². The number of nitrogens with one attached hydrogen (secondary N) is 1. The quantitative estimate of drug-likeness (QED) is 0.863. The standard InChI is InChI=1S/C16H22N2OS/c1-11-9-18(10-12(2)20-11)16(19)14-7-13-5-3-4-6-15(13)17-8-14/h3-6,11-12,14,17H,7-10H2,1-2H3. The Morgan fingerprint density at radius 1 is 1.25 bits per heavy atom. The Labute approximate surface area is 125 Å². The van der Waals surface area contributed by atoms with Crippen LogP contribution < -0.4 is 5.32 Å². The second-order valence-corrected chi connectivity index (χ2v) is 7.82. The molecule has 3 atom stereocenters. The SMILES string of the molecule is CC1CN(C(=O)C2CNc3ccccc3C2)CC(C)S1. The van der Waals surface area contributed by atoms with E-state index in [4.69, 9.17) is 0 Å². The van der Waals surface area contributed by atoms with Crippen LogP contribution in [0.3, 0.4) is 0 Å². The van der Waals surface area contributed by atoms with Crippen molar-refractivity contribution in [3.8, 4) is 0 Å². The molecular formula is C16H22N2OS. The van der Waals surface area contributed by atoms with Crippen LogP contribution in [0.15, 0.2) is 24.3 Å². The molecule has 3 rings (SSSR count). The predicted octanol–water partition coefficient (Wildman–Crippen LogP) is 2.62. The molecule has 0 saturated carbocycles. The first-order valence-corrected chi connectivity index (χ1v) is 8.34. The highest BCUT2D eigenvalue weighted by molar-refractivity contribution is 8.00. The molecule has 0 bridgehead atoms. The molecule has 3 unspecified atom stereocenters. The predicted molar refractivity (Wildman–Crippen MR) is 85.2 cm³/mol. The monoisotopic (exact) mass is 290 g/mol. The van der Waals surface area contributed by atoms with Gasteiger partial charge in [-0.2, -0.15) is 11.8 Å². The van der Waals surface area contributed by atoms with Crippen molar-refractivity contribution in [2.45, 2.75) is 30.8 Å². The molecule has 2 heterocycles. The maximum absolute atomic E-state index is 12.7. The first-order valence-electron chi connectivity index (χ1n) is 7.39. The average Bonchev–Trinajstić information content (AvgIpc) is 2.45. The van der Waals surface area contributed by atoms with Crippen LogP contribution >= 0.6 is 11.8 Å². The van der Waals surface area contributed by atoms with Crippen molar-refractivity contribution >= 4 is 23.4 Å². The highest BCUT2D eigenvalue weighted by atomic mass is 32.2. The smallest absolute Gasteiger partial charge is 0.227 e. The third-order valence-electron chi connectivity index (χ3n) is 4.10. The number of anilines is 1. The summed E-state index contributed by atoms with van der Waals surface area (Å²) in [4.78, 5) is 14.8. The zero-order chi connectivity index (χ0) is 14.1. The third kappa shape index (κ3) is 2.80. The molecule has 0 spiro atoms. The van der Waals surface area contributed by atoms with Crippen molar-refractivity contribution in [3.05, 3.63) is 29.8 Å². The van der Waals surface area contributed by atoms with E-state index in [0.29, 0.717) is 16.4 Å². The summed E-state index contributed by atoms with van der Waals surface area (Å²) in [5.74, 6) is 0.415. The summed E-state index contributed by atoms with van der Waals surface area (Å²) < 4.78 is 0. The second kappa shape index (κ2) is 5.68. The van der Waals surface area contributed by atoms with Gasteiger partial charge in [0.15, 0.2) is 0 Å². The zero-order valence-corrected chi connectivity index (χ0v) is 13.0. The normalized spacial score (nSPS) is 29.5. The minimum atomic E-state index is 0.0902. The Morgan fingerprint density at radius 2 is 1.95 bits per heavy atom. The van der Waals surface area contributed by atoms with Crippen LogP contribution in [0.5, 0.6) is 0 Å². The molecule has 2 aliphatic rings. The van der Waals surface area contributed by atoms with Crippen molar-refractivity contribution in [1.29, 1.82) is 0 Å². The van der Waals surface area contributed by atoms with Gasteiger partial charge in [-0.25, -0.2) is 0 Å². The molecule has 20 heavy (non-hydrogen) atoms. The van der Waals surface area contributed by atoms with Gasteiger partial charge >= 0.3 is 0 Å². The number of para-hydroxylation sites is 1. The minimum absolute atomic E-state index is 0.0902. The lowest BCUT2D eigenvalue weighted by atomic mass is 9.92. The number of hydrogen-bond acceptors (Lipinski definition) is 3. The maximum Gasteiger partial charge on any atom is 0.227 e. The van der Waals surface area contributed by atoms with Crippen LogP contribution in [0.1, 0.15) is 19.4 Å². The van der Waals surface area contributed by atoms with E-state index < -0.39 is 0 Å². The lowest BCUT2D eigenvalue weighted by Crippen LogP contribution is -2.48. The lowest BCUT2D eigenvalue weighted by molar-refractivity contribution is -0.135. The van der Waals surface area contributed by atoms with Gasteiger partial charge in [0, 0.05) is 35.8 Å². The van der Waals surface area contributed by atoms with E-state index in [2.05, 4.69) is 42.3 Å². The van der Waals surface area contributed by atoms with E-state index in [1.807, 2.05) is 17.8 Å². The summed E-state index contributed by atoms with van der Waals surface area (Å²) in [6, 6.07) is 8.31. The number of carbonyl (C=O) groups is 1. The van der Waals surface area contributed by atoms with Crippen LogP contribution in [0.4, 0.5) is 5.69 Å². The van der Waals surface area contributed by atoms with Gasteiger partial charge in [0.2, 0.25) is 5.91 Å². The maximum atomic E-state index is 12.7. The summed E-state index contributed by atoms with van der Waals surface area (Å²) >= 11 is 1.99. The van der Waals surface area contributed by atoms with Gasteiger partial charge < -0.3 is 10.2 Å². The molecule has 1 fully saturated rings. The Hall–Kier alpha value is -1.16. The Balaban J connectivity index is 1.69. The molecule has 3 nitrogen and oxygen atoms in total. The number of nitrogens with zero attached hydrogens (tertiary/aromatic N) is 1. The Kier molecular flexibility index (Phi) is 3.92. The van der Waals surface area contributed by atoms with Crippen molar-refractivity contribution < 1.29 is 4.79 Å². The van der Waals surface area contributed by atoms with Gasteiger partial charge in [-0.1, -0.05) is 32.0 Å². The van der Waals surface area contributed by atoms with Gasteiger partial charge in [-0.3, -0.25) is 4.79 Å². The van der Waals surface area contributed by atoms with Crippen molar-refractivity contribution in [2.75, 3.05) is 25.0 Å². The highest BCUT2D eigenvalue weighted by Crippen LogP contribution is 2.29. The van der Waals surface area contributed by atoms with Crippen molar-refractivity contribution in [1.82, 2.24) is 4.90 Å². The fraction of sp³-hybridized carbons (Fsp3) is 0.562. The van der Waals surface area contributed by atoms with Crippen LogP contribution in [0, 0.1) is 5.92 Å². The van der Waals surface area contributed by atoms with Crippen molar-refractivity contribution in [3.63, 3.8) is 0 Å². The molecule has 0 aliphatic carbocycles. The molecule has 4 heteroatoms. The van der Waals surface area contributed by atoms with Crippen LogP contribution in [-0.2, 0) is 11.2 Å². The van der Waals surface area contributed by atoms with Crippen LogP contribution in [0.25, 0.3) is 0 Å². The van der Waals surface area contributed by atoms with Gasteiger partial charge in [0.1, 0.15) is 0 Å². The summed E-state index contributed by atoms with van der Waals surface area (Å²) in [5.41, 5.74) is 2.46. The molecule has 1 N–H and O–H groups in total. The highest BCUT2D eigenvalue weighted by Gasteiger charge is 2.32. The van der Waals surface area contributed by atoms with E-state index in [0.717, 1.165) is 26.1 Å². The lowest BCUT2D eigenvalue weighted by Gasteiger charge is -2.37. The van der Waals surface area contributed by atoms with Gasteiger partial charge in [0.25, 0.3) is 0 Å². The summed E-state index contributed by atoms with van der Waals surface area (Å²) in [6.45, 7) is 6.99. The fourth-order valence-corrected chi connectivity index (χ4v) is 4.56. The topological polar surface area (TPSA) is 32.3 Å². The molecule has 0 radical (unpaired) electrons. The van der Waals surface area contributed by atoms with Gasteiger partial charge in [0.05, 0.1) is 5.92 Å². The van der Waals surface area contributed by atoms with E-state index in [1.54, 1.807) is 0 Å². The molecule has 2 aliphatic heterocycles. The van der Waals surface area contributed by atoms with E-state index in [-0.39, 0.29) is 5.92 Å². The summed E-state index contributed by atoms with van der Waals surface area (Å²) in [5, 5.41) is 4.50. The van der Waals surface area contributed by atoms with Crippen molar-refractivity contribution in [2.24, 2.45) is 5.92 Å². The average molecular weight is 290 g/mol. The molecule has 1 aromatic rings. The summed E-state index contributed by atoms with van der Waals surface area (Å²) in [6.07, 6.45) is 0.869. The Morgan fingerprint density at radius 3 is 2.70 bits per heavy atom. The second-order valence-electron chi connectivity index (χ2n) is 5.94. The molecular weight excluding hydrogens is 268 g/mol. The van der Waals surface area contributed by atoms with Crippen LogP contribution in [-0.4, -0.2) is 40.9 Å². The van der Waals surface area contributed by atoms with Gasteiger partial charge in [-0.15, -0.1) is 0 Å². The Bertz CT molecular complexity index is 495. The minimum Gasteiger partial charge on any atom is -0.384 e. The number of fused-ring (bicyclic) bond motifs is 1. The van der Waals surface area contributed by atoms with Gasteiger partial charge in [-0.05, 0) is 18.1 Å².